The zero-order valence-corrected chi connectivity index (χ0v) is 18.7. The molecule has 29 heavy (non-hydrogen) atoms. The Bertz CT molecular complexity index is 1170. The second-order valence-electron chi connectivity index (χ2n) is 8.02. The SMILES string of the molecule is Cc1cc(C2CC2)nc2cc(C3CCCCN3S(=O)(=O)c3ccc(Br)cc3)nn12. The first-order valence-corrected chi connectivity index (χ1v) is 12.3. The molecule has 6 nitrogen and oxygen atoms in total. The fourth-order valence-corrected chi connectivity index (χ4v) is 6.08. The van der Waals surface area contributed by atoms with E-state index in [1.807, 2.05) is 17.5 Å². The second-order valence-corrected chi connectivity index (χ2v) is 10.8. The van der Waals surface area contributed by atoms with Gasteiger partial charge in [-0.05, 0) is 62.9 Å². The van der Waals surface area contributed by atoms with Gasteiger partial charge in [-0.15, -0.1) is 0 Å². The highest BCUT2D eigenvalue weighted by Gasteiger charge is 2.36. The minimum Gasteiger partial charge on any atom is -0.233 e. The number of hydrogen-bond acceptors (Lipinski definition) is 4. The Kier molecular flexibility index (Phi) is 4.75. The molecule has 1 aromatic carbocycles. The van der Waals surface area contributed by atoms with Crippen molar-refractivity contribution >= 4 is 31.6 Å². The summed E-state index contributed by atoms with van der Waals surface area (Å²) in [6, 6.07) is 10.7. The van der Waals surface area contributed by atoms with Crippen molar-refractivity contribution in [3.05, 3.63) is 58.0 Å². The number of sulfonamides is 1. The van der Waals surface area contributed by atoms with E-state index in [9.17, 15) is 8.42 Å². The standard InChI is InChI=1S/C21H23BrN4O2S/c1-14-12-18(15-5-6-15)23-21-13-19(24-26(14)21)20-4-2-3-11-25(20)29(27,28)17-9-7-16(22)8-10-17/h7-10,12-13,15,20H,2-6,11H2,1H3. The zero-order valence-electron chi connectivity index (χ0n) is 16.3. The molecule has 1 unspecified atom stereocenters. The second kappa shape index (κ2) is 7.18. The maximum Gasteiger partial charge on any atom is 0.243 e. The van der Waals surface area contributed by atoms with Crippen molar-refractivity contribution in [3.8, 4) is 0 Å². The summed E-state index contributed by atoms with van der Waals surface area (Å²) in [6.07, 6.45) is 5.03. The molecule has 0 amide bonds. The molecule has 5 rings (SSSR count). The fraction of sp³-hybridized carbons (Fsp3) is 0.429. The van der Waals surface area contributed by atoms with E-state index in [4.69, 9.17) is 10.1 Å². The average molecular weight is 475 g/mol. The highest BCUT2D eigenvalue weighted by atomic mass is 79.9. The predicted octanol–water partition coefficient (Wildman–Crippen LogP) is 4.59. The molecular weight excluding hydrogens is 452 g/mol. The molecule has 0 bridgehead atoms. The third kappa shape index (κ3) is 3.51. The summed E-state index contributed by atoms with van der Waals surface area (Å²) >= 11 is 3.38. The van der Waals surface area contributed by atoms with Crippen LogP contribution in [0.1, 0.15) is 61.1 Å². The van der Waals surface area contributed by atoms with E-state index in [0.717, 1.165) is 46.5 Å². The lowest BCUT2D eigenvalue weighted by Crippen LogP contribution is -2.38. The topological polar surface area (TPSA) is 67.6 Å². The summed E-state index contributed by atoms with van der Waals surface area (Å²) in [4.78, 5) is 5.12. The number of benzene rings is 1. The highest BCUT2D eigenvalue weighted by Crippen LogP contribution is 2.40. The Balaban J connectivity index is 1.54. The smallest absolute Gasteiger partial charge is 0.233 e. The third-order valence-corrected chi connectivity index (χ3v) is 8.31. The van der Waals surface area contributed by atoms with Crippen LogP contribution in [0.4, 0.5) is 0 Å². The Morgan fingerprint density at radius 2 is 1.79 bits per heavy atom. The van der Waals surface area contributed by atoms with Gasteiger partial charge < -0.3 is 0 Å². The molecule has 3 aromatic rings. The normalized spacial score (nSPS) is 21.0. The lowest BCUT2D eigenvalue weighted by molar-refractivity contribution is 0.251. The van der Waals surface area contributed by atoms with Gasteiger partial charge in [-0.1, -0.05) is 22.4 Å². The molecule has 3 heterocycles. The Hall–Kier alpha value is -1.77. The summed E-state index contributed by atoms with van der Waals surface area (Å²) in [6.45, 7) is 2.55. The van der Waals surface area contributed by atoms with E-state index in [1.165, 1.54) is 12.8 Å². The van der Waals surface area contributed by atoms with E-state index in [-0.39, 0.29) is 6.04 Å². The van der Waals surface area contributed by atoms with Crippen molar-refractivity contribution < 1.29 is 8.42 Å². The first-order valence-electron chi connectivity index (χ1n) is 10.1. The molecule has 2 fully saturated rings. The molecule has 1 saturated carbocycles. The first-order chi connectivity index (χ1) is 13.9. The summed E-state index contributed by atoms with van der Waals surface area (Å²) in [5.41, 5.74) is 3.77. The van der Waals surface area contributed by atoms with Gasteiger partial charge in [0.25, 0.3) is 0 Å². The molecule has 1 aliphatic carbocycles. The van der Waals surface area contributed by atoms with Gasteiger partial charge in [-0.25, -0.2) is 17.9 Å². The van der Waals surface area contributed by atoms with Crippen LogP contribution in [0.15, 0.2) is 45.8 Å². The van der Waals surface area contributed by atoms with Crippen molar-refractivity contribution in [2.24, 2.45) is 0 Å². The van der Waals surface area contributed by atoms with Crippen LogP contribution in [0.2, 0.25) is 0 Å². The molecule has 0 spiro atoms. The molecule has 1 aliphatic heterocycles. The van der Waals surface area contributed by atoms with E-state index >= 15 is 0 Å². The monoisotopic (exact) mass is 474 g/mol. The van der Waals surface area contributed by atoms with Crippen LogP contribution in [0.3, 0.4) is 0 Å². The molecule has 1 saturated heterocycles. The lowest BCUT2D eigenvalue weighted by atomic mass is 10.0. The van der Waals surface area contributed by atoms with Gasteiger partial charge in [0.1, 0.15) is 0 Å². The summed E-state index contributed by atoms with van der Waals surface area (Å²) in [5, 5.41) is 4.77. The first kappa shape index (κ1) is 19.2. The van der Waals surface area contributed by atoms with Gasteiger partial charge in [-0.2, -0.15) is 9.40 Å². The van der Waals surface area contributed by atoms with Crippen molar-refractivity contribution in [3.63, 3.8) is 0 Å². The van der Waals surface area contributed by atoms with Gasteiger partial charge in [0.05, 0.1) is 16.6 Å². The van der Waals surface area contributed by atoms with Gasteiger partial charge in [-0.3, -0.25) is 0 Å². The van der Waals surface area contributed by atoms with Crippen molar-refractivity contribution in [1.29, 1.82) is 0 Å². The molecule has 2 aromatic heterocycles. The predicted molar refractivity (Wildman–Crippen MR) is 114 cm³/mol. The van der Waals surface area contributed by atoms with E-state index in [0.29, 0.717) is 17.4 Å². The van der Waals surface area contributed by atoms with E-state index < -0.39 is 10.0 Å². The number of rotatable bonds is 4. The van der Waals surface area contributed by atoms with Crippen LogP contribution in [0, 0.1) is 6.92 Å². The largest absolute Gasteiger partial charge is 0.243 e. The Morgan fingerprint density at radius 3 is 2.52 bits per heavy atom. The maximum atomic E-state index is 13.4. The number of aromatic nitrogens is 3. The van der Waals surface area contributed by atoms with E-state index in [2.05, 4.69) is 22.0 Å². The Morgan fingerprint density at radius 1 is 1.03 bits per heavy atom. The molecule has 2 aliphatic rings. The average Bonchev–Trinajstić information content (AvgIpc) is 3.47. The van der Waals surface area contributed by atoms with Crippen LogP contribution in [0.25, 0.3) is 5.65 Å². The lowest BCUT2D eigenvalue weighted by Gasteiger charge is -2.33. The number of piperidine rings is 1. The summed E-state index contributed by atoms with van der Waals surface area (Å²) < 4.78 is 31.1. The van der Waals surface area contributed by atoms with E-state index in [1.54, 1.807) is 28.6 Å². The van der Waals surface area contributed by atoms with Gasteiger partial charge in [0.15, 0.2) is 5.65 Å². The van der Waals surface area contributed by atoms with Crippen LogP contribution in [0.5, 0.6) is 0 Å². The zero-order chi connectivity index (χ0) is 20.2. The number of hydrogen-bond donors (Lipinski definition) is 0. The van der Waals surface area contributed by atoms with Crippen LogP contribution < -0.4 is 0 Å². The van der Waals surface area contributed by atoms with Gasteiger partial charge in [0.2, 0.25) is 10.0 Å². The molecule has 152 valence electrons. The molecule has 8 heteroatoms. The van der Waals surface area contributed by atoms with Crippen LogP contribution >= 0.6 is 15.9 Å². The number of halogens is 1. The van der Waals surface area contributed by atoms with Gasteiger partial charge >= 0.3 is 0 Å². The van der Waals surface area contributed by atoms with Crippen LogP contribution in [-0.2, 0) is 10.0 Å². The molecule has 1 atom stereocenters. The quantitative estimate of drug-likeness (QED) is 0.554. The number of aryl methyl sites for hydroxylation is 1. The number of nitrogens with zero attached hydrogens (tertiary/aromatic N) is 4. The minimum atomic E-state index is -3.59. The number of fused-ring (bicyclic) bond motifs is 1. The molecule has 0 radical (unpaired) electrons. The highest BCUT2D eigenvalue weighted by molar-refractivity contribution is 9.10. The van der Waals surface area contributed by atoms with Crippen molar-refractivity contribution in [1.82, 2.24) is 18.9 Å². The summed E-state index contributed by atoms with van der Waals surface area (Å²) in [5.74, 6) is 0.570. The van der Waals surface area contributed by atoms with Crippen LogP contribution in [-0.4, -0.2) is 33.9 Å². The molecule has 0 N–H and O–H groups in total. The Labute approximate surface area is 179 Å². The van der Waals surface area contributed by atoms with Gasteiger partial charge in [0, 0.05) is 34.4 Å². The van der Waals surface area contributed by atoms with Crippen molar-refractivity contribution in [2.45, 2.75) is 55.9 Å². The maximum absolute atomic E-state index is 13.4. The third-order valence-electron chi connectivity index (χ3n) is 5.85. The minimum absolute atomic E-state index is 0.261. The van der Waals surface area contributed by atoms with Crippen molar-refractivity contribution in [2.75, 3.05) is 6.54 Å². The molecular formula is C21H23BrN4O2S. The summed E-state index contributed by atoms with van der Waals surface area (Å²) in [7, 11) is -3.59. The fourth-order valence-electron chi connectivity index (χ4n) is 4.15.